The Hall–Kier alpha value is -1.52. The summed E-state index contributed by atoms with van der Waals surface area (Å²) in [5.74, 6) is -0.323. The Labute approximate surface area is 96.2 Å². The molecule has 0 aliphatic heterocycles. The number of carbonyl (C=O) groups excluding carboxylic acids is 2. The van der Waals surface area contributed by atoms with Crippen LogP contribution in [0.3, 0.4) is 0 Å². The van der Waals surface area contributed by atoms with E-state index in [1.165, 1.54) is 0 Å². The highest BCUT2D eigenvalue weighted by Crippen LogP contribution is 2.07. The average molecular weight is 228 g/mol. The van der Waals surface area contributed by atoms with Crippen LogP contribution in [0.25, 0.3) is 0 Å². The van der Waals surface area contributed by atoms with Gasteiger partial charge in [0.1, 0.15) is 5.60 Å². The first-order chi connectivity index (χ1) is 7.35. The maximum atomic E-state index is 11.2. The van der Waals surface area contributed by atoms with Crippen LogP contribution in [0.1, 0.15) is 27.2 Å². The lowest BCUT2D eigenvalue weighted by Gasteiger charge is -2.19. The van der Waals surface area contributed by atoms with Crippen LogP contribution < -0.4 is 10.6 Å². The summed E-state index contributed by atoms with van der Waals surface area (Å²) in [5, 5.41) is 5.07. The third-order valence-corrected chi connectivity index (χ3v) is 1.44. The third kappa shape index (κ3) is 9.05. The molecule has 0 saturated heterocycles. The number of hydrogen-bond acceptors (Lipinski definition) is 3. The molecule has 0 radical (unpaired) electrons. The monoisotopic (exact) mass is 228 g/mol. The van der Waals surface area contributed by atoms with Crippen molar-refractivity contribution in [3.8, 4) is 0 Å². The predicted octanol–water partition coefficient (Wildman–Crippen LogP) is 1.20. The Kier molecular flexibility index (Phi) is 6.22. The second kappa shape index (κ2) is 6.87. The summed E-state index contributed by atoms with van der Waals surface area (Å²) in [7, 11) is 0. The summed E-state index contributed by atoms with van der Waals surface area (Å²) < 4.78 is 5.07. The van der Waals surface area contributed by atoms with Crippen molar-refractivity contribution in [1.82, 2.24) is 10.6 Å². The highest BCUT2D eigenvalue weighted by Gasteiger charge is 2.15. The van der Waals surface area contributed by atoms with Gasteiger partial charge in [0, 0.05) is 13.1 Å². The second-order valence-corrected chi connectivity index (χ2v) is 4.26. The van der Waals surface area contributed by atoms with Gasteiger partial charge in [0.25, 0.3) is 0 Å². The van der Waals surface area contributed by atoms with E-state index in [0.29, 0.717) is 6.54 Å². The minimum absolute atomic E-state index is 0.165. The van der Waals surface area contributed by atoms with E-state index in [1.54, 1.807) is 26.8 Å². The van der Waals surface area contributed by atoms with Crippen molar-refractivity contribution in [2.75, 3.05) is 13.1 Å². The molecule has 0 unspecified atom stereocenters. The van der Waals surface area contributed by atoms with Crippen molar-refractivity contribution in [3.05, 3.63) is 12.7 Å². The Morgan fingerprint density at radius 1 is 1.31 bits per heavy atom. The minimum Gasteiger partial charge on any atom is -0.460 e. The van der Waals surface area contributed by atoms with Crippen molar-refractivity contribution in [3.63, 3.8) is 0 Å². The van der Waals surface area contributed by atoms with E-state index >= 15 is 0 Å². The molecule has 5 nitrogen and oxygen atoms in total. The fourth-order valence-corrected chi connectivity index (χ4v) is 0.898. The molecule has 0 aliphatic rings. The molecule has 0 bridgehead atoms. The zero-order valence-corrected chi connectivity index (χ0v) is 10.1. The number of amides is 2. The lowest BCUT2D eigenvalue weighted by atomic mass is 10.2. The van der Waals surface area contributed by atoms with Crippen LogP contribution >= 0.6 is 0 Å². The molecular formula is C11H20N2O3. The number of hydrogen-bond donors (Lipinski definition) is 2. The number of nitrogens with one attached hydrogen (secondary N) is 2. The van der Waals surface area contributed by atoms with E-state index in [4.69, 9.17) is 4.74 Å². The van der Waals surface area contributed by atoms with Gasteiger partial charge in [-0.05, 0) is 20.8 Å². The first-order valence-electron chi connectivity index (χ1n) is 5.19. The molecule has 0 aromatic heterocycles. The molecule has 0 aromatic rings. The smallest absolute Gasteiger partial charge is 0.315 e. The van der Waals surface area contributed by atoms with Crippen molar-refractivity contribution >= 4 is 12.0 Å². The zero-order valence-electron chi connectivity index (χ0n) is 10.1. The fraction of sp³-hybridized carbons (Fsp3) is 0.636. The van der Waals surface area contributed by atoms with Crippen molar-refractivity contribution in [2.24, 2.45) is 0 Å². The summed E-state index contributed by atoms with van der Waals surface area (Å²) in [4.78, 5) is 22.3. The third-order valence-electron chi connectivity index (χ3n) is 1.44. The Morgan fingerprint density at radius 2 is 1.94 bits per heavy atom. The van der Waals surface area contributed by atoms with Crippen LogP contribution in [0.4, 0.5) is 4.79 Å². The average Bonchev–Trinajstić information content (AvgIpc) is 2.11. The lowest BCUT2D eigenvalue weighted by molar-refractivity contribution is -0.154. The summed E-state index contributed by atoms with van der Waals surface area (Å²) in [6.45, 7) is 9.53. The number of ether oxygens (including phenoxy) is 1. The molecule has 92 valence electrons. The summed E-state index contributed by atoms with van der Waals surface area (Å²) in [5.41, 5.74) is -0.484. The molecule has 16 heavy (non-hydrogen) atoms. The Morgan fingerprint density at radius 3 is 2.44 bits per heavy atom. The molecule has 0 saturated carbocycles. The topological polar surface area (TPSA) is 67.4 Å². The SMILES string of the molecule is C=CCNC(=O)NCCC(=O)OC(C)(C)C. The molecular weight excluding hydrogens is 208 g/mol. The molecule has 0 aromatic carbocycles. The largest absolute Gasteiger partial charge is 0.460 e. The maximum Gasteiger partial charge on any atom is 0.315 e. The second-order valence-electron chi connectivity index (χ2n) is 4.26. The predicted molar refractivity (Wildman–Crippen MR) is 62.1 cm³/mol. The number of esters is 1. The van der Waals surface area contributed by atoms with Crippen LogP contribution in [0.15, 0.2) is 12.7 Å². The van der Waals surface area contributed by atoms with Crippen molar-refractivity contribution < 1.29 is 14.3 Å². The normalized spacial score (nSPS) is 10.4. The lowest BCUT2D eigenvalue weighted by Crippen LogP contribution is -2.37. The molecule has 5 heteroatoms. The van der Waals surface area contributed by atoms with Crippen molar-refractivity contribution in [2.45, 2.75) is 32.8 Å². The molecule has 0 heterocycles. The Bertz CT molecular complexity index is 256. The molecule has 0 rings (SSSR count). The molecule has 2 N–H and O–H groups in total. The first-order valence-corrected chi connectivity index (χ1v) is 5.19. The van der Waals surface area contributed by atoms with Gasteiger partial charge in [-0.2, -0.15) is 0 Å². The maximum absolute atomic E-state index is 11.2. The molecule has 0 aliphatic carbocycles. The fourth-order valence-electron chi connectivity index (χ4n) is 0.898. The van der Waals surface area contributed by atoms with Gasteiger partial charge in [0.2, 0.25) is 0 Å². The van der Waals surface area contributed by atoms with Gasteiger partial charge in [0.15, 0.2) is 0 Å². The van der Waals surface area contributed by atoms with E-state index in [1.807, 2.05) is 0 Å². The van der Waals surface area contributed by atoms with E-state index in [0.717, 1.165) is 0 Å². The van der Waals surface area contributed by atoms with Gasteiger partial charge in [-0.15, -0.1) is 6.58 Å². The number of urea groups is 1. The van der Waals surface area contributed by atoms with Crippen LogP contribution in [-0.2, 0) is 9.53 Å². The van der Waals surface area contributed by atoms with E-state index in [-0.39, 0.29) is 25.0 Å². The van der Waals surface area contributed by atoms with Crippen LogP contribution in [-0.4, -0.2) is 30.7 Å². The molecule has 2 amide bonds. The number of carbonyl (C=O) groups is 2. The summed E-state index contributed by atoms with van der Waals surface area (Å²) >= 11 is 0. The first kappa shape index (κ1) is 14.5. The summed E-state index contributed by atoms with van der Waals surface area (Å²) in [6.07, 6.45) is 1.74. The van der Waals surface area contributed by atoms with E-state index < -0.39 is 5.60 Å². The van der Waals surface area contributed by atoms with Gasteiger partial charge in [-0.1, -0.05) is 6.08 Å². The van der Waals surface area contributed by atoms with E-state index in [9.17, 15) is 9.59 Å². The zero-order chi connectivity index (χ0) is 12.6. The van der Waals surface area contributed by atoms with Crippen molar-refractivity contribution in [1.29, 1.82) is 0 Å². The van der Waals surface area contributed by atoms with Crippen LogP contribution in [0, 0.1) is 0 Å². The highest BCUT2D eigenvalue weighted by atomic mass is 16.6. The molecule has 0 spiro atoms. The van der Waals surface area contributed by atoms with Gasteiger partial charge in [-0.3, -0.25) is 4.79 Å². The Balaban J connectivity index is 3.62. The van der Waals surface area contributed by atoms with Gasteiger partial charge in [0.05, 0.1) is 6.42 Å². The van der Waals surface area contributed by atoms with Gasteiger partial charge >= 0.3 is 12.0 Å². The quantitative estimate of drug-likeness (QED) is 0.549. The molecule has 0 fully saturated rings. The number of rotatable bonds is 5. The van der Waals surface area contributed by atoms with Gasteiger partial charge in [-0.25, -0.2) is 4.79 Å². The van der Waals surface area contributed by atoms with Crippen LogP contribution in [0.5, 0.6) is 0 Å². The van der Waals surface area contributed by atoms with Crippen LogP contribution in [0.2, 0.25) is 0 Å². The summed E-state index contributed by atoms with van der Waals surface area (Å²) in [6, 6.07) is -0.316. The minimum atomic E-state index is -0.484. The van der Waals surface area contributed by atoms with E-state index in [2.05, 4.69) is 17.2 Å². The standard InChI is InChI=1S/C11H20N2O3/c1-5-7-12-10(15)13-8-6-9(14)16-11(2,3)4/h5H,1,6-8H2,2-4H3,(H2,12,13,15). The van der Waals surface area contributed by atoms with Gasteiger partial charge < -0.3 is 15.4 Å². The highest BCUT2D eigenvalue weighted by molar-refractivity contribution is 5.75. The molecule has 0 atom stereocenters.